The van der Waals surface area contributed by atoms with Gasteiger partial charge in [0.25, 0.3) is 5.56 Å². The summed E-state index contributed by atoms with van der Waals surface area (Å²) in [5.74, 6) is 2.40. The van der Waals surface area contributed by atoms with Crippen LogP contribution in [-0.4, -0.2) is 9.97 Å². The van der Waals surface area contributed by atoms with Gasteiger partial charge in [-0.15, -0.1) is 23.1 Å². The van der Waals surface area contributed by atoms with Crippen molar-refractivity contribution < 1.29 is 0 Å². The number of nitrogens with one attached hydrogen (secondary N) is 1. The fourth-order valence-electron chi connectivity index (χ4n) is 2.44. The number of fused-ring (bicyclic) bond motifs is 1. The summed E-state index contributed by atoms with van der Waals surface area (Å²) >= 11 is 3.37. The summed E-state index contributed by atoms with van der Waals surface area (Å²) in [7, 11) is 0. The molecular weight excluding hydrogens is 312 g/mol. The number of thioether (sulfide) groups is 1. The molecule has 0 saturated carbocycles. The van der Waals surface area contributed by atoms with Crippen molar-refractivity contribution in [3.8, 4) is 0 Å². The number of nitrogens with zero attached hydrogens (tertiary/aromatic N) is 1. The van der Waals surface area contributed by atoms with Gasteiger partial charge in [-0.3, -0.25) is 4.79 Å². The van der Waals surface area contributed by atoms with E-state index in [2.05, 4.69) is 41.2 Å². The van der Waals surface area contributed by atoms with E-state index < -0.39 is 0 Å². The Morgan fingerprint density at radius 2 is 2.05 bits per heavy atom. The van der Waals surface area contributed by atoms with Crippen molar-refractivity contribution in [2.75, 3.05) is 0 Å². The number of aryl methyl sites for hydroxylation is 3. The third kappa shape index (κ3) is 3.10. The number of thiophene rings is 1. The molecule has 0 spiro atoms. The van der Waals surface area contributed by atoms with Gasteiger partial charge in [-0.05, 0) is 31.9 Å². The standard InChI is InChI=1S/C17H18N2OS2/c1-10-5-4-6-13(7-10)8-21-9-14-18-16(20)15-11(2)12(3)22-17(15)19-14/h4-7H,8-9H2,1-3H3,(H,18,19,20). The van der Waals surface area contributed by atoms with Crippen molar-refractivity contribution in [1.29, 1.82) is 0 Å². The lowest BCUT2D eigenvalue weighted by Gasteiger charge is -2.03. The first-order chi connectivity index (χ1) is 10.5. The number of H-pyrrole nitrogens is 1. The Balaban J connectivity index is 1.76. The van der Waals surface area contributed by atoms with Crippen molar-refractivity contribution in [3.05, 3.63) is 62.0 Å². The van der Waals surface area contributed by atoms with Gasteiger partial charge in [0.2, 0.25) is 0 Å². The van der Waals surface area contributed by atoms with Gasteiger partial charge in [0, 0.05) is 10.6 Å². The van der Waals surface area contributed by atoms with Crippen molar-refractivity contribution >= 4 is 33.3 Å². The summed E-state index contributed by atoms with van der Waals surface area (Å²) in [6, 6.07) is 8.50. The van der Waals surface area contributed by atoms with Gasteiger partial charge in [-0.1, -0.05) is 29.8 Å². The molecule has 0 aliphatic rings. The Morgan fingerprint density at radius 1 is 1.23 bits per heavy atom. The van der Waals surface area contributed by atoms with Crippen LogP contribution < -0.4 is 5.56 Å². The van der Waals surface area contributed by atoms with Crippen molar-refractivity contribution in [1.82, 2.24) is 9.97 Å². The molecule has 0 aliphatic carbocycles. The summed E-state index contributed by atoms with van der Waals surface area (Å²) in [5.41, 5.74) is 3.61. The monoisotopic (exact) mass is 330 g/mol. The molecule has 0 bridgehead atoms. The first kappa shape index (κ1) is 15.3. The molecular formula is C17H18N2OS2. The SMILES string of the molecule is Cc1cccc(CSCc2nc3sc(C)c(C)c3c(=O)[nH]2)c1. The number of hydrogen-bond donors (Lipinski definition) is 1. The molecule has 3 rings (SSSR count). The molecule has 2 heterocycles. The van der Waals surface area contributed by atoms with Crippen LogP contribution in [0.5, 0.6) is 0 Å². The molecule has 22 heavy (non-hydrogen) atoms. The molecule has 2 aromatic heterocycles. The molecule has 0 radical (unpaired) electrons. The molecule has 3 aromatic rings. The minimum Gasteiger partial charge on any atom is -0.309 e. The Morgan fingerprint density at radius 3 is 2.82 bits per heavy atom. The molecule has 0 fully saturated rings. The van der Waals surface area contributed by atoms with Crippen LogP contribution in [0.25, 0.3) is 10.2 Å². The van der Waals surface area contributed by atoms with Gasteiger partial charge in [0.1, 0.15) is 10.7 Å². The summed E-state index contributed by atoms with van der Waals surface area (Å²) in [6.07, 6.45) is 0. The molecule has 0 amide bonds. The average molecular weight is 330 g/mol. The largest absolute Gasteiger partial charge is 0.309 e. The number of hydrogen-bond acceptors (Lipinski definition) is 4. The van der Waals surface area contributed by atoms with E-state index in [1.807, 2.05) is 13.8 Å². The second-order valence-corrected chi connectivity index (χ2v) is 7.65. The van der Waals surface area contributed by atoms with Gasteiger partial charge >= 0.3 is 0 Å². The first-order valence-electron chi connectivity index (χ1n) is 7.17. The van der Waals surface area contributed by atoms with Crippen molar-refractivity contribution in [3.63, 3.8) is 0 Å². The minimum absolute atomic E-state index is 0.0157. The maximum atomic E-state index is 12.2. The van der Waals surface area contributed by atoms with E-state index >= 15 is 0 Å². The van der Waals surface area contributed by atoms with Gasteiger partial charge < -0.3 is 4.98 Å². The van der Waals surface area contributed by atoms with Gasteiger partial charge in [0.05, 0.1) is 11.1 Å². The Labute approximate surface area is 137 Å². The second kappa shape index (κ2) is 6.26. The van der Waals surface area contributed by atoms with Gasteiger partial charge in [0.15, 0.2) is 0 Å². The lowest BCUT2D eigenvalue weighted by Crippen LogP contribution is -2.10. The molecule has 114 valence electrons. The van der Waals surface area contributed by atoms with E-state index in [4.69, 9.17) is 0 Å². The van der Waals surface area contributed by atoms with Crippen LogP contribution in [0, 0.1) is 20.8 Å². The number of aromatic amines is 1. The highest BCUT2D eigenvalue weighted by atomic mass is 32.2. The molecule has 3 nitrogen and oxygen atoms in total. The molecule has 0 saturated heterocycles. The Kier molecular flexibility index (Phi) is 4.36. The Bertz CT molecular complexity index is 880. The topological polar surface area (TPSA) is 45.8 Å². The smallest absolute Gasteiger partial charge is 0.259 e. The predicted molar refractivity (Wildman–Crippen MR) is 95.9 cm³/mol. The number of benzene rings is 1. The summed E-state index contributed by atoms with van der Waals surface area (Å²) in [6.45, 7) is 6.12. The third-order valence-electron chi connectivity index (χ3n) is 3.68. The quantitative estimate of drug-likeness (QED) is 0.774. The zero-order valence-electron chi connectivity index (χ0n) is 12.9. The van der Waals surface area contributed by atoms with E-state index in [0.29, 0.717) is 0 Å². The Hall–Kier alpha value is -1.59. The van der Waals surface area contributed by atoms with Crippen LogP contribution in [-0.2, 0) is 11.5 Å². The highest BCUT2D eigenvalue weighted by Crippen LogP contribution is 2.26. The van der Waals surface area contributed by atoms with E-state index in [0.717, 1.165) is 38.0 Å². The predicted octanol–water partition coefficient (Wildman–Crippen LogP) is 4.34. The van der Waals surface area contributed by atoms with Crippen LogP contribution in [0.1, 0.15) is 27.4 Å². The van der Waals surface area contributed by atoms with E-state index in [-0.39, 0.29) is 5.56 Å². The van der Waals surface area contributed by atoms with Crippen LogP contribution in [0.4, 0.5) is 0 Å². The maximum absolute atomic E-state index is 12.2. The van der Waals surface area contributed by atoms with Crippen LogP contribution in [0.15, 0.2) is 29.1 Å². The van der Waals surface area contributed by atoms with Gasteiger partial charge in [-0.25, -0.2) is 4.98 Å². The summed E-state index contributed by atoms with van der Waals surface area (Å²) in [5, 5.41) is 0.745. The highest BCUT2D eigenvalue weighted by molar-refractivity contribution is 7.97. The van der Waals surface area contributed by atoms with Crippen molar-refractivity contribution in [2.24, 2.45) is 0 Å². The average Bonchev–Trinajstić information content (AvgIpc) is 2.74. The normalized spacial score (nSPS) is 11.2. The van der Waals surface area contributed by atoms with E-state index in [9.17, 15) is 4.79 Å². The van der Waals surface area contributed by atoms with Crippen LogP contribution in [0.2, 0.25) is 0 Å². The number of aromatic nitrogens is 2. The van der Waals surface area contributed by atoms with Crippen LogP contribution >= 0.6 is 23.1 Å². The number of rotatable bonds is 4. The molecule has 1 aromatic carbocycles. The third-order valence-corrected chi connectivity index (χ3v) is 5.79. The lowest BCUT2D eigenvalue weighted by molar-refractivity contribution is 1.04. The second-order valence-electron chi connectivity index (χ2n) is 5.46. The molecule has 0 aliphatic heterocycles. The molecule has 1 N–H and O–H groups in total. The fraction of sp³-hybridized carbons (Fsp3) is 0.294. The minimum atomic E-state index is -0.0157. The summed E-state index contributed by atoms with van der Waals surface area (Å²) in [4.78, 5) is 21.8. The van der Waals surface area contributed by atoms with E-state index in [1.54, 1.807) is 23.1 Å². The lowest BCUT2D eigenvalue weighted by atomic mass is 10.2. The zero-order chi connectivity index (χ0) is 15.7. The van der Waals surface area contributed by atoms with Gasteiger partial charge in [-0.2, -0.15) is 0 Å². The fourth-order valence-corrected chi connectivity index (χ4v) is 4.33. The maximum Gasteiger partial charge on any atom is 0.259 e. The molecule has 0 atom stereocenters. The highest BCUT2D eigenvalue weighted by Gasteiger charge is 2.11. The van der Waals surface area contributed by atoms with E-state index in [1.165, 1.54) is 11.1 Å². The first-order valence-corrected chi connectivity index (χ1v) is 9.14. The van der Waals surface area contributed by atoms with Crippen LogP contribution in [0.3, 0.4) is 0 Å². The van der Waals surface area contributed by atoms with Crippen molar-refractivity contribution in [2.45, 2.75) is 32.3 Å². The molecule has 0 unspecified atom stereocenters. The zero-order valence-corrected chi connectivity index (χ0v) is 14.5. The summed E-state index contributed by atoms with van der Waals surface area (Å²) < 4.78 is 0. The molecule has 5 heteroatoms.